The van der Waals surface area contributed by atoms with Gasteiger partial charge in [-0.1, -0.05) is 12.1 Å². The van der Waals surface area contributed by atoms with Gasteiger partial charge in [0.1, 0.15) is 22.8 Å². The second kappa shape index (κ2) is 14.2. The van der Waals surface area contributed by atoms with Crippen LogP contribution in [0.4, 0.5) is 35.1 Å². The number of nitrogens with two attached hydrogens (primary N) is 1. The van der Waals surface area contributed by atoms with Crippen molar-refractivity contribution in [2.75, 3.05) is 0 Å². The highest BCUT2D eigenvalue weighted by atomic mass is 19.2. The van der Waals surface area contributed by atoms with Crippen LogP contribution in [-0.2, 0) is 19.6 Å². The second-order valence-corrected chi connectivity index (χ2v) is 9.80. The van der Waals surface area contributed by atoms with Gasteiger partial charge in [0.05, 0.1) is 0 Å². The fourth-order valence-corrected chi connectivity index (χ4v) is 4.14. The van der Waals surface area contributed by atoms with E-state index in [4.69, 9.17) is 5.73 Å². The highest BCUT2D eigenvalue weighted by Crippen LogP contribution is 2.25. The molecule has 10 nitrogen and oxygen atoms in total. The minimum Gasteiger partial charge on any atom is -0.364 e. The summed E-state index contributed by atoms with van der Waals surface area (Å²) in [6, 6.07) is 6.77. The number of carbonyl (C=O) groups excluding carboxylic acids is 4. The smallest absolute Gasteiger partial charge is 0.270 e. The lowest BCUT2D eigenvalue weighted by Gasteiger charge is -2.14. The molecule has 48 heavy (non-hydrogen) atoms. The molecule has 4 aromatic rings. The Morgan fingerprint density at radius 2 is 0.792 bits per heavy atom. The van der Waals surface area contributed by atoms with Crippen molar-refractivity contribution in [2.45, 2.75) is 26.6 Å². The Kier molecular flexibility index (Phi) is 10.4. The van der Waals surface area contributed by atoms with Gasteiger partial charge in [0.2, 0.25) is 0 Å². The summed E-state index contributed by atoms with van der Waals surface area (Å²) in [5.41, 5.74) is -1.19. The monoisotopic (exact) mass is 680 g/mol. The van der Waals surface area contributed by atoms with Crippen molar-refractivity contribution < 1.29 is 54.3 Å². The van der Waals surface area contributed by atoms with Crippen LogP contribution in [0.1, 0.15) is 64.2 Å². The van der Waals surface area contributed by atoms with Gasteiger partial charge in [-0.05, 0) is 31.2 Å². The maximum absolute atomic E-state index is 14.8. The summed E-state index contributed by atoms with van der Waals surface area (Å²) >= 11 is 0. The second-order valence-electron chi connectivity index (χ2n) is 9.80. The lowest BCUT2D eigenvalue weighted by atomic mass is 10.1. The lowest BCUT2D eigenvalue weighted by molar-refractivity contribution is 0.0928. The first-order valence-corrected chi connectivity index (χ1v) is 13.4. The van der Waals surface area contributed by atoms with Crippen molar-refractivity contribution in [3.63, 3.8) is 0 Å². The number of nitrogens with zero attached hydrogens (tertiary/aromatic N) is 2. The van der Waals surface area contributed by atoms with Crippen molar-refractivity contribution in [1.82, 2.24) is 25.9 Å². The summed E-state index contributed by atoms with van der Waals surface area (Å²) in [5.74, 6) is -18.8. The number of aromatic nitrogens is 2. The van der Waals surface area contributed by atoms with Crippen LogP contribution in [0.25, 0.3) is 0 Å². The molecule has 4 rings (SSSR count). The van der Waals surface area contributed by atoms with Crippen LogP contribution in [0, 0.1) is 53.5 Å². The number of pyridine rings is 2. The van der Waals surface area contributed by atoms with Crippen LogP contribution in [0.2, 0.25) is 0 Å². The molecule has 250 valence electrons. The number of hydrogen-bond acceptors (Lipinski definition) is 6. The lowest BCUT2D eigenvalue weighted by Crippen LogP contribution is -2.29. The van der Waals surface area contributed by atoms with Gasteiger partial charge in [-0.2, -0.15) is 0 Å². The SMILES string of the molecule is Cc1c(F)c(F)c(CNC(=O)c2cccc(C(=O)NCc3c(F)c(F)c(CNC(=O)c4cccc(C(N)=O)n4)c(F)c3F)n2)c(F)c1F. The van der Waals surface area contributed by atoms with Crippen molar-refractivity contribution in [3.8, 4) is 0 Å². The van der Waals surface area contributed by atoms with E-state index in [1.54, 1.807) is 0 Å². The van der Waals surface area contributed by atoms with Gasteiger partial charge in [-0.15, -0.1) is 0 Å². The van der Waals surface area contributed by atoms with E-state index >= 15 is 0 Å². The van der Waals surface area contributed by atoms with Gasteiger partial charge in [-0.3, -0.25) is 19.2 Å². The number of amides is 4. The molecule has 0 atom stereocenters. The van der Waals surface area contributed by atoms with Crippen LogP contribution < -0.4 is 21.7 Å². The Hall–Kier alpha value is -5.94. The summed E-state index contributed by atoms with van der Waals surface area (Å²) < 4.78 is 115. The molecule has 2 aromatic heterocycles. The molecule has 0 bridgehead atoms. The van der Waals surface area contributed by atoms with Gasteiger partial charge in [-0.25, -0.2) is 45.1 Å². The van der Waals surface area contributed by atoms with Crippen LogP contribution in [0.3, 0.4) is 0 Å². The minimum absolute atomic E-state index is 0.296. The van der Waals surface area contributed by atoms with E-state index < -0.39 is 123 Å². The normalized spacial score (nSPS) is 10.9. The molecular formula is C30H20F8N6O4. The van der Waals surface area contributed by atoms with Gasteiger partial charge < -0.3 is 21.7 Å². The van der Waals surface area contributed by atoms with E-state index in [0.717, 1.165) is 31.2 Å². The summed E-state index contributed by atoms with van der Waals surface area (Å²) in [4.78, 5) is 56.0. The first-order valence-electron chi connectivity index (χ1n) is 13.4. The van der Waals surface area contributed by atoms with E-state index in [2.05, 4.69) is 9.97 Å². The van der Waals surface area contributed by atoms with Gasteiger partial charge in [0.25, 0.3) is 23.6 Å². The summed E-state index contributed by atoms with van der Waals surface area (Å²) in [6.45, 7) is -2.38. The fraction of sp³-hybridized carbons (Fsp3) is 0.133. The number of nitrogens with one attached hydrogen (secondary N) is 3. The van der Waals surface area contributed by atoms with E-state index in [-0.39, 0.29) is 11.4 Å². The summed E-state index contributed by atoms with van der Waals surface area (Å²) in [6.07, 6.45) is 0. The number of primary amides is 1. The molecule has 0 aliphatic heterocycles. The third-order valence-corrected chi connectivity index (χ3v) is 6.74. The number of carbonyl (C=O) groups is 4. The average Bonchev–Trinajstić information content (AvgIpc) is 3.08. The zero-order valence-electron chi connectivity index (χ0n) is 24.2. The Morgan fingerprint density at radius 1 is 0.521 bits per heavy atom. The number of halogens is 8. The van der Waals surface area contributed by atoms with E-state index in [9.17, 15) is 54.3 Å². The molecule has 0 saturated carbocycles. The highest BCUT2D eigenvalue weighted by Gasteiger charge is 2.27. The Balaban J connectivity index is 1.43. The molecular weight excluding hydrogens is 660 g/mol. The molecule has 0 aliphatic carbocycles. The highest BCUT2D eigenvalue weighted by molar-refractivity contribution is 5.96. The summed E-state index contributed by atoms with van der Waals surface area (Å²) in [5, 5.41) is 5.96. The molecule has 2 aromatic carbocycles. The largest absolute Gasteiger partial charge is 0.364 e. The summed E-state index contributed by atoms with van der Waals surface area (Å²) in [7, 11) is 0. The van der Waals surface area contributed by atoms with Crippen LogP contribution in [0.15, 0.2) is 36.4 Å². The zero-order chi connectivity index (χ0) is 35.4. The predicted molar refractivity (Wildman–Crippen MR) is 148 cm³/mol. The van der Waals surface area contributed by atoms with Crippen molar-refractivity contribution in [2.24, 2.45) is 5.73 Å². The fourth-order valence-electron chi connectivity index (χ4n) is 4.14. The molecule has 18 heteroatoms. The molecule has 0 fully saturated rings. The Labute approximate surface area is 264 Å². The molecule has 2 heterocycles. The molecule has 0 saturated heterocycles. The first-order chi connectivity index (χ1) is 22.6. The van der Waals surface area contributed by atoms with Gasteiger partial charge >= 0.3 is 0 Å². The van der Waals surface area contributed by atoms with Crippen molar-refractivity contribution in [3.05, 3.63) is 128 Å². The van der Waals surface area contributed by atoms with Crippen LogP contribution >= 0.6 is 0 Å². The molecule has 0 spiro atoms. The van der Waals surface area contributed by atoms with Crippen LogP contribution in [0.5, 0.6) is 0 Å². The molecule has 0 unspecified atom stereocenters. The van der Waals surface area contributed by atoms with Crippen LogP contribution in [-0.4, -0.2) is 33.6 Å². The maximum atomic E-state index is 14.8. The van der Waals surface area contributed by atoms with Crippen molar-refractivity contribution in [1.29, 1.82) is 0 Å². The Morgan fingerprint density at radius 3 is 1.10 bits per heavy atom. The number of rotatable bonds is 10. The van der Waals surface area contributed by atoms with E-state index in [1.807, 2.05) is 16.0 Å². The van der Waals surface area contributed by atoms with Gasteiger partial charge in [0.15, 0.2) is 46.5 Å². The topological polar surface area (TPSA) is 156 Å². The minimum atomic E-state index is -1.91. The number of hydrogen-bond donors (Lipinski definition) is 4. The molecule has 0 radical (unpaired) electrons. The number of benzene rings is 2. The molecule has 0 aliphatic rings. The quantitative estimate of drug-likeness (QED) is 0.148. The van der Waals surface area contributed by atoms with E-state index in [1.165, 1.54) is 12.1 Å². The Bertz CT molecular complexity index is 1930. The van der Waals surface area contributed by atoms with E-state index in [0.29, 0.717) is 0 Å². The van der Waals surface area contributed by atoms with Gasteiger partial charge in [0, 0.05) is 41.9 Å². The zero-order valence-corrected chi connectivity index (χ0v) is 24.2. The third-order valence-electron chi connectivity index (χ3n) is 6.74. The predicted octanol–water partition coefficient (Wildman–Crippen LogP) is 3.79. The average molecular weight is 681 g/mol. The first kappa shape index (κ1) is 34.9. The van der Waals surface area contributed by atoms with Crippen molar-refractivity contribution >= 4 is 23.6 Å². The molecule has 5 N–H and O–H groups in total. The standard InChI is InChI=1S/C30H20F8N6O4/c1-11-19(31)21(33)12(22(34)20(11)32)8-40-29(47)17-6-3-7-18(44-17)30(48)42-10-14-25(37)23(35)13(24(36)26(14)38)9-41-28(46)16-5-2-4-15(43-16)27(39)45/h2-7H,8-10H2,1H3,(H2,39,45)(H,40,47)(H,41,46)(H,42,48). The third kappa shape index (κ3) is 7.06. The maximum Gasteiger partial charge on any atom is 0.270 e. The molecule has 4 amide bonds.